The smallest absolute Gasteiger partial charge is 0.0548 e. The molecule has 0 fully saturated rings. The highest BCUT2D eigenvalue weighted by Crippen LogP contribution is 2.13. The van der Waals surface area contributed by atoms with E-state index in [0.29, 0.717) is 0 Å². The lowest BCUT2D eigenvalue weighted by atomic mass is 10.1. The molecule has 84 valence electrons. The number of fused-ring (bicyclic) bond motifs is 1. The molecule has 1 aromatic heterocycles. The number of pyridine rings is 1. The van der Waals surface area contributed by atoms with Crippen LogP contribution in [0.2, 0.25) is 0 Å². The first-order chi connectivity index (χ1) is 7.54. The quantitative estimate of drug-likeness (QED) is 0.830. The summed E-state index contributed by atoms with van der Waals surface area (Å²) < 4.78 is 0. The predicted molar refractivity (Wildman–Crippen MR) is 68.3 cm³/mol. The highest BCUT2D eigenvalue weighted by Gasteiger charge is 2.08. The molecule has 1 heterocycles. The van der Waals surface area contributed by atoms with E-state index in [-0.39, 0.29) is 5.54 Å². The van der Waals surface area contributed by atoms with E-state index < -0.39 is 0 Å². The molecule has 2 rings (SSSR count). The van der Waals surface area contributed by atoms with Crippen molar-refractivity contribution in [1.29, 1.82) is 0 Å². The minimum atomic E-state index is 0.132. The van der Waals surface area contributed by atoms with Crippen LogP contribution < -0.4 is 5.32 Å². The Kier molecular flexibility index (Phi) is 2.92. The highest BCUT2D eigenvalue weighted by atomic mass is 15.0. The van der Waals surface area contributed by atoms with Crippen molar-refractivity contribution < 1.29 is 0 Å². The fraction of sp³-hybridized carbons (Fsp3) is 0.357. The summed E-state index contributed by atoms with van der Waals surface area (Å²) in [4.78, 5) is 4.45. The standard InChI is InChI=1S/C14H18N2/c1-14(2,3)16-10-13-8-11-6-4-5-7-12(11)9-15-13/h4-9,16H,10H2,1-3H3. The Hall–Kier alpha value is -1.41. The molecule has 0 atom stereocenters. The topological polar surface area (TPSA) is 24.9 Å². The van der Waals surface area contributed by atoms with Crippen molar-refractivity contribution in [2.24, 2.45) is 0 Å². The Labute approximate surface area is 96.7 Å². The molecule has 0 saturated carbocycles. The molecule has 0 saturated heterocycles. The van der Waals surface area contributed by atoms with Crippen LogP contribution in [-0.4, -0.2) is 10.5 Å². The lowest BCUT2D eigenvalue weighted by Gasteiger charge is -2.20. The molecule has 0 aliphatic heterocycles. The van der Waals surface area contributed by atoms with Crippen molar-refractivity contribution in [3.63, 3.8) is 0 Å². The van der Waals surface area contributed by atoms with Gasteiger partial charge in [0.05, 0.1) is 5.69 Å². The molecule has 2 heteroatoms. The van der Waals surface area contributed by atoms with Gasteiger partial charge in [0.25, 0.3) is 0 Å². The maximum absolute atomic E-state index is 4.45. The number of benzene rings is 1. The van der Waals surface area contributed by atoms with Crippen LogP contribution in [0.15, 0.2) is 36.5 Å². The lowest BCUT2D eigenvalue weighted by molar-refractivity contribution is 0.421. The molecule has 0 radical (unpaired) electrons. The minimum absolute atomic E-state index is 0.132. The molecule has 2 aromatic rings. The van der Waals surface area contributed by atoms with Gasteiger partial charge in [0.15, 0.2) is 0 Å². The Bertz CT molecular complexity index is 483. The predicted octanol–water partition coefficient (Wildman–Crippen LogP) is 3.12. The Morgan fingerprint density at radius 1 is 1.12 bits per heavy atom. The van der Waals surface area contributed by atoms with Crippen LogP contribution in [0.1, 0.15) is 26.5 Å². The summed E-state index contributed by atoms with van der Waals surface area (Å²) >= 11 is 0. The van der Waals surface area contributed by atoms with Crippen LogP contribution >= 0.6 is 0 Å². The molecule has 0 unspecified atom stereocenters. The van der Waals surface area contributed by atoms with Gasteiger partial charge in [-0.2, -0.15) is 0 Å². The third-order valence-electron chi connectivity index (χ3n) is 2.49. The summed E-state index contributed by atoms with van der Waals surface area (Å²) in [6, 6.07) is 10.5. The van der Waals surface area contributed by atoms with Gasteiger partial charge >= 0.3 is 0 Å². The normalized spacial score (nSPS) is 11.9. The van der Waals surface area contributed by atoms with Gasteiger partial charge in [-0.25, -0.2) is 0 Å². The SMILES string of the molecule is CC(C)(C)NCc1cc2ccccc2cn1. The average Bonchev–Trinajstić information content (AvgIpc) is 2.25. The first kappa shape index (κ1) is 11.1. The Balaban J connectivity index is 2.20. The largest absolute Gasteiger partial charge is 0.306 e. The monoisotopic (exact) mass is 214 g/mol. The van der Waals surface area contributed by atoms with Crippen LogP contribution in [0.5, 0.6) is 0 Å². The molecular formula is C14H18N2. The third-order valence-corrected chi connectivity index (χ3v) is 2.49. The minimum Gasteiger partial charge on any atom is -0.306 e. The summed E-state index contributed by atoms with van der Waals surface area (Å²) in [6.45, 7) is 7.30. The van der Waals surface area contributed by atoms with Crippen LogP contribution in [-0.2, 0) is 6.54 Å². The van der Waals surface area contributed by atoms with Gasteiger partial charge in [-0.3, -0.25) is 4.98 Å². The van der Waals surface area contributed by atoms with Crippen LogP contribution in [0.4, 0.5) is 0 Å². The van der Waals surface area contributed by atoms with E-state index in [2.05, 4.69) is 55.3 Å². The summed E-state index contributed by atoms with van der Waals surface area (Å²) in [5.41, 5.74) is 1.22. The molecule has 2 nitrogen and oxygen atoms in total. The van der Waals surface area contributed by atoms with Gasteiger partial charge in [-0.15, -0.1) is 0 Å². The molecule has 0 aliphatic carbocycles. The third kappa shape index (κ3) is 2.80. The van der Waals surface area contributed by atoms with Crippen molar-refractivity contribution in [2.75, 3.05) is 0 Å². The van der Waals surface area contributed by atoms with E-state index in [1.165, 1.54) is 10.8 Å². The second-order valence-electron chi connectivity index (χ2n) is 5.13. The van der Waals surface area contributed by atoms with E-state index in [9.17, 15) is 0 Å². The molecule has 1 N–H and O–H groups in total. The summed E-state index contributed by atoms with van der Waals surface area (Å²) in [5, 5.41) is 5.89. The first-order valence-corrected chi connectivity index (χ1v) is 5.63. The van der Waals surface area contributed by atoms with E-state index in [1.807, 2.05) is 12.3 Å². The zero-order chi connectivity index (χ0) is 11.6. The molecule has 0 bridgehead atoms. The molecule has 0 aliphatic rings. The first-order valence-electron chi connectivity index (χ1n) is 5.63. The van der Waals surface area contributed by atoms with Gasteiger partial charge in [0, 0.05) is 23.7 Å². The van der Waals surface area contributed by atoms with E-state index in [4.69, 9.17) is 0 Å². The summed E-state index contributed by atoms with van der Waals surface area (Å²) in [6.07, 6.45) is 1.94. The van der Waals surface area contributed by atoms with Crippen molar-refractivity contribution >= 4 is 10.8 Å². The number of hydrogen-bond donors (Lipinski definition) is 1. The molecule has 1 aromatic carbocycles. The maximum Gasteiger partial charge on any atom is 0.0548 e. The maximum atomic E-state index is 4.45. The number of nitrogens with zero attached hydrogens (tertiary/aromatic N) is 1. The zero-order valence-electron chi connectivity index (χ0n) is 10.1. The van der Waals surface area contributed by atoms with Crippen molar-refractivity contribution in [3.05, 3.63) is 42.2 Å². The van der Waals surface area contributed by atoms with Gasteiger partial charge in [0.1, 0.15) is 0 Å². The Morgan fingerprint density at radius 2 is 1.81 bits per heavy atom. The number of nitrogens with one attached hydrogen (secondary N) is 1. The average molecular weight is 214 g/mol. The fourth-order valence-electron chi connectivity index (χ4n) is 1.58. The molecule has 16 heavy (non-hydrogen) atoms. The van der Waals surface area contributed by atoms with E-state index in [0.717, 1.165) is 12.2 Å². The highest BCUT2D eigenvalue weighted by molar-refractivity contribution is 5.81. The van der Waals surface area contributed by atoms with Crippen LogP contribution in [0.3, 0.4) is 0 Å². The molecule has 0 amide bonds. The van der Waals surface area contributed by atoms with Gasteiger partial charge < -0.3 is 5.32 Å². The van der Waals surface area contributed by atoms with Gasteiger partial charge in [-0.05, 0) is 32.2 Å². The second kappa shape index (κ2) is 4.22. The molecular weight excluding hydrogens is 196 g/mol. The summed E-state index contributed by atoms with van der Waals surface area (Å²) in [5.74, 6) is 0. The number of aromatic nitrogens is 1. The number of hydrogen-bond acceptors (Lipinski definition) is 2. The molecule has 0 spiro atoms. The van der Waals surface area contributed by atoms with Crippen LogP contribution in [0, 0.1) is 0 Å². The van der Waals surface area contributed by atoms with Gasteiger partial charge in [0.2, 0.25) is 0 Å². The van der Waals surface area contributed by atoms with Gasteiger partial charge in [-0.1, -0.05) is 24.3 Å². The van der Waals surface area contributed by atoms with Crippen molar-refractivity contribution in [2.45, 2.75) is 32.9 Å². The van der Waals surface area contributed by atoms with Crippen molar-refractivity contribution in [3.8, 4) is 0 Å². The summed E-state index contributed by atoms with van der Waals surface area (Å²) in [7, 11) is 0. The Morgan fingerprint density at radius 3 is 2.50 bits per heavy atom. The van der Waals surface area contributed by atoms with E-state index >= 15 is 0 Å². The van der Waals surface area contributed by atoms with Crippen molar-refractivity contribution in [1.82, 2.24) is 10.3 Å². The zero-order valence-corrected chi connectivity index (χ0v) is 10.1. The fourth-order valence-corrected chi connectivity index (χ4v) is 1.58. The second-order valence-corrected chi connectivity index (χ2v) is 5.13. The number of rotatable bonds is 2. The van der Waals surface area contributed by atoms with E-state index in [1.54, 1.807) is 0 Å². The van der Waals surface area contributed by atoms with Crippen LogP contribution in [0.25, 0.3) is 10.8 Å². The lowest BCUT2D eigenvalue weighted by Crippen LogP contribution is -2.35.